The van der Waals surface area contributed by atoms with Crippen molar-refractivity contribution in [1.29, 1.82) is 0 Å². The summed E-state index contributed by atoms with van der Waals surface area (Å²) in [6.07, 6.45) is 0.894. The number of amides is 1. The number of carbonyl (C=O) groups excluding carboxylic acids is 2. The molecule has 0 aliphatic carbocycles. The molecule has 0 fully saturated rings. The standard InChI is InChI=1S/C15H21NO3/c1-4-10-16(5-2)14(17)11-19-15(18)13-8-6-12(3)7-9-13/h6-9H,4-5,10-11H2,1-3H3. The topological polar surface area (TPSA) is 46.6 Å². The number of aryl methyl sites for hydroxylation is 1. The van der Waals surface area contributed by atoms with Crippen molar-refractivity contribution in [3.8, 4) is 0 Å². The van der Waals surface area contributed by atoms with E-state index in [1.165, 1.54) is 0 Å². The molecule has 104 valence electrons. The Morgan fingerprint density at radius 2 is 1.79 bits per heavy atom. The number of esters is 1. The van der Waals surface area contributed by atoms with E-state index in [-0.39, 0.29) is 12.5 Å². The van der Waals surface area contributed by atoms with Crippen LogP contribution in [-0.4, -0.2) is 36.5 Å². The average molecular weight is 263 g/mol. The Labute approximate surface area is 114 Å². The van der Waals surface area contributed by atoms with Gasteiger partial charge in [-0.3, -0.25) is 4.79 Å². The highest BCUT2D eigenvalue weighted by atomic mass is 16.5. The van der Waals surface area contributed by atoms with Crippen molar-refractivity contribution in [2.24, 2.45) is 0 Å². The molecule has 1 aromatic rings. The number of likely N-dealkylation sites (N-methyl/N-ethyl adjacent to an activating group) is 1. The third-order valence-electron chi connectivity index (χ3n) is 2.84. The second-order valence-corrected chi connectivity index (χ2v) is 4.42. The molecule has 19 heavy (non-hydrogen) atoms. The largest absolute Gasteiger partial charge is 0.452 e. The fraction of sp³-hybridized carbons (Fsp3) is 0.467. The maximum absolute atomic E-state index is 11.8. The third-order valence-corrected chi connectivity index (χ3v) is 2.84. The summed E-state index contributed by atoms with van der Waals surface area (Å²) in [5.74, 6) is -0.606. The summed E-state index contributed by atoms with van der Waals surface area (Å²) in [5.41, 5.74) is 1.55. The minimum atomic E-state index is -0.457. The molecule has 1 aromatic carbocycles. The molecule has 0 spiro atoms. The lowest BCUT2D eigenvalue weighted by Gasteiger charge is -2.19. The van der Waals surface area contributed by atoms with E-state index >= 15 is 0 Å². The van der Waals surface area contributed by atoms with Crippen LogP contribution in [0.15, 0.2) is 24.3 Å². The number of benzene rings is 1. The van der Waals surface area contributed by atoms with E-state index in [0.717, 1.165) is 12.0 Å². The zero-order valence-corrected chi connectivity index (χ0v) is 11.8. The lowest BCUT2D eigenvalue weighted by atomic mass is 10.1. The van der Waals surface area contributed by atoms with Crippen LogP contribution in [0.25, 0.3) is 0 Å². The van der Waals surface area contributed by atoms with E-state index in [1.54, 1.807) is 17.0 Å². The molecular formula is C15H21NO3. The molecule has 0 unspecified atom stereocenters. The first kappa shape index (κ1) is 15.2. The van der Waals surface area contributed by atoms with Crippen molar-refractivity contribution in [2.75, 3.05) is 19.7 Å². The van der Waals surface area contributed by atoms with Gasteiger partial charge in [-0.05, 0) is 32.4 Å². The normalized spacial score (nSPS) is 10.1. The van der Waals surface area contributed by atoms with E-state index < -0.39 is 5.97 Å². The zero-order chi connectivity index (χ0) is 14.3. The van der Waals surface area contributed by atoms with E-state index in [2.05, 4.69) is 0 Å². The molecule has 0 saturated heterocycles. The van der Waals surface area contributed by atoms with Crippen molar-refractivity contribution in [3.05, 3.63) is 35.4 Å². The predicted octanol–water partition coefficient (Wildman–Crippen LogP) is 2.41. The van der Waals surface area contributed by atoms with Crippen LogP contribution in [0.4, 0.5) is 0 Å². The van der Waals surface area contributed by atoms with Gasteiger partial charge in [0.2, 0.25) is 0 Å². The van der Waals surface area contributed by atoms with Crippen molar-refractivity contribution in [2.45, 2.75) is 27.2 Å². The lowest BCUT2D eigenvalue weighted by Crippen LogP contribution is -2.35. The van der Waals surface area contributed by atoms with Crippen LogP contribution in [0.2, 0.25) is 0 Å². The first-order valence-corrected chi connectivity index (χ1v) is 6.60. The number of ether oxygens (including phenoxy) is 1. The summed E-state index contributed by atoms with van der Waals surface area (Å²) < 4.78 is 5.03. The molecule has 4 heteroatoms. The predicted molar refractivity (Wildman–Crippen MR) is 74.0 cm³/mol. The van der Waals surface area contributed by atoms with Crippen LogP contribution in [0.1, 0.15) is 36.2 Å². The van der Waals surface area contributed by atoms with Gasteiger partial charge in [0.15, 0.2) is 6.61 Å². The van der Waals surface area contributed by atoms with Gasteiger partial charge in [0.1, 0.15) is 0 Å². The van der Waals surface area contributed by atoms with E-state index in [9.17, 15) is 9.59 Å². The van der Waals surface area contributed by atoms with Gasteiger partial charge in [-0.2, -0.15) is 0 Å². The molecule has 0 heterocycles. The third kappa shape index (κ3) is 4.73. The highest BCUT2D eigenvalue weighted by Crippen LogP contribution is 2.05. The quantitative estimate of drug-likeness (QED) is 0.740. The second kappa shape index (κ2) is 7.56. The Morgan fingerprint density at radius 1 is 1.16 bits per heavy atom. The smallest absolute Gasteiger partial charge is 0.338 e. The van der Waals surface area contributed by atoms with Crippen molar-refractivity contribution < 1.29 is 14.3 Å². The summed E-state index contributed by atoms with van der Waals surface area (Å²) in [5, 5.41) is 0. The Morgan fingerprint density at radius 3 is 2.32 bits per heavy atom. The second-order valence-electron chi connectivity index (χ2n) is 4.42. The highest BCUT2D eigenvalue weighted by Gasteiger charge is 2.14. The zero-order valence-electron chi connectivity index (χ0n) is 11.8. The van der Waals surface area contributed by atoms with Crippen LogP contribution in [-0.2, 0) is 9.53 Å². The number of nitrogens with zero attached hydrogens (tertiary/aromatic N) is 1. The van der Waals surface area contributed by atoms with Gasteiger partial charge < -0.3 is 9.64 Å². The van der Waals surface area contributed by atoms with Gasteiger partial charge in [-0.15, -0.1) is 0 Å². The van der Waals surface area contributed by atoms with Crippen LogP contribution in [0, 0.1) is 6.92 Å². The fourth-order valence-corrected chi connectivity index (χ4v) is 1.72. The summed E-state index contributed by atoms with van der Waals surface area (Å²) in [6.45, 7) is 7.00. The molecule has 1 rings (SSSR count). The molecule has 0 bridgehead atoms. The van der Waals surface area contributed by atoms with Crippen molar-refractivity contribution in [3.63, 3.8) is 0 Å². The first-order chi connectivity index (χ1) is 9.08. The molecule has 1 amide bonds. The molecule has 4 nitrogen and oxygen atoms in total. The lowest BCUT2D eigenvalue weighted by molar-refractivity contribution is -0.134. The summed E-state index contributed by atoms with van der Waals surface area (Å²) in [4.78, 5) is 25.2. The summed E-state index contributed by atoms with van der Waals surface area (Å²) >= 11 is 0. The Bertz CT molecular complexity index is 426. The maximum Gasteiger partial charge on any atom is 0.338 e. The summed E-state index contributed by atoms with van der Waals surface area (Å²) in [6, 6.07) is 7.08. The van der Waals surface area contributed by atoms with Gasteiger partial charge in [-0.1, -0.05) is 24.6 Å². The fourth-order valence-electron chi connectivity index (χ4n) is 1.72. The van der Waals surface area contributed by atoms with Gasteiger partial charge in [-0.25, -0.2) is 4.79 Å². The van der Waals surface area contributed by atoms with Gasteiger partial charge in [0.25, 0.3) is 5.91 Å². The Hall–Kier alpha value is -1.84. The minimum absolute atomic E-state index is 0.148. The number of hydrogen-bond acceptors (Lipinski definition) is 3. The Kier molecular flexibility index (Phi) is 6.06. The van der Waals surface area contributed by atoms with Crippen molar-refractivity contribution >= 4 is 11.9 Å². The molecule has 0 aliphatic rings. The van der Waals surface area contributed by atoms with Crippen LogP contribution in [0.5, 0.6) is 0 Å². The molecule has 0 aromatic heterocycles. The molecule has 0 N–H and O–H groups in total. The van der Waals surface area contributed by atoms with E-state index in [1.807, 2.05) is 32.9 Å². The van der Waals surface area contributed by atoms with Gasteiger partial charge >= 0.3 is 5.97 Å². The van der Waals surface area contributed by atoms with E-state index in [4.69, 9.17) is 4.74 Å². The molecule has 0 radical (unpaired) electrons. The first-order valence-electron chi connectivity index (χ1n) is 6.60. The SMILES string of the molecule is CCCN(CC)C(=O)COC(=O)c1ccc(C)cc1. The molecular weight excluding hydrogens is 242 g/mol. The number of hydrogen-bond donors (Lipinski definition) is 0. The van der Waals surface area contributed by atoms with Gasteiger partial charge in [0.05, 0.1) is 5.56 Å². The number of carbonyl (C=O) groups is 2. The molecule has 0 saturated carbocycles. The highest BCUT2D eigenvalue weighted by molar-refractivity contribution is 5.91. The van der Waals surface area contributed by atoms with Crippen LogP contribution < -0.4 is 0 Å². The molecule has 0 atom stereocenters. The minimum Gasteiger partial charge on any atom is -0.452 e. The van der Waals surface area contributed by atoms with Gasteiger partial charge in [0, 0.05) is 13.1 Å². The van der Waals surface area contributed by atoms with Crippen LogP contribution >= 0.6 is 0 Å². The van der Waals surface area contributed by atoms with E-state index in [0.29, 0.717) is 18.7 Å². The monoisotopic (exact) mass is 263 g/mol. The maximum atomic E-state index is 11.8. The number of rotatable bonds is 6. The Balaban J connectivity index is 2.49. The van der Waals surface area contributed by atoms with Crippen LogP contribution in [0.3, 0.4) is 0 Å². The average Bonchev–Trinajstić information content (AvgIpc) is 2.42. The summed E-state index contributed by atoms with van der Waals surface area (Å²) in [7, 11) is 0. The van der Waals surface area contributed by atoms with Crippen molar-refractivity contribution in [1.82, 2.24) is 4.90 Å². The molecule has 0 aliphatic heterocycles.